The zero-order valence-electron chi connectivity index (χ0n) is 5.98. The minimum Gasteiger partial charge on any atom is -0.384 e. The van der Waals surface area contributed by atoms with Crippen molar-refractivity contribution >= 4 is 28.9 Å². The molecular weight excluding hydrogens is 181 g/mol. The first-order valence-corrected chi connectivity index (χ1v) is 4.29. The van der Waals surface area contributed by atoms with Crippen molar-refractivity contribution < 1.29 is 0 Å². The molecule has 0 aliphatic heterocycles. The first kappa shape index (κ1) is 8.69. The van der Waals surface area contributed by atoms with Crippen LogP contribution < -0.4 is 5.32 Å². The summed E-state index contributed by atoms with van der Waals surface area (Å²) in [5, 5.41) is 3.86. The van der Waals surface area contributed by atoms with Gasteiger partial charge >= 0.3 is 0 Å². The van der Waals surface area contributed by atoms with Gasteiger partial charge in [0.25, 0.3) is 0 Å². The molecule has 1 N–H and O–H groups in total. The zero-order valence-corrected chi connectivity index (χ0v) is 7.49. The van der Waals surface area contributed by atoms with Gasteiger partial charge in [0.15, 0.2) is 0 Å². The van der Waals surface area contributed by atoms with Gasteiger partial charge in [0.1, 0.15) is 0 Å². The Bertz CT molecular complexity index is 225. The van der Waals surface area contributed by atoms with E-state index >= 15 is 0 Å². The van der Waals surface area contributed by atoms with E-state index in [2.05, 4.69) is 5.32 Å². The van der Waals surface area contributed by atoms with Crippen LogP contribution in [0, 0.1) is 0 Å². The Kier molecular flexibility index (Phi) is 3.53. The monoisotopic (exact) mass is 189 g/mol. The molecule has 0 spiro atoms. The maximum atomic E-state index is 5.75. The number of rotatable bonds is 3. The molecule has 0 saturated heterocycles. The minimum atomic E-state index is 0.604. The van der Waals surface area contributed by atoms with Crippen molar-refractivity contribution in [3.05, 3.63) is 29.3 Å². The van der Waals surface area contributed by atoms with Crippen LogP contribution in [-0.4, -0.2) is 12.4 Å². The summed E-state index contributed by atoms with van der Waals surface area (Å²) in [6.07, 6.45) is 0. The van der Waals surface area contributed by atoms with E-state index in [1.54, 1.807) is 0 Å². The van der Waals surface area contributed by atoms with Crippen molar-refractivity contribution in [2.24, 2.45) is 0 Å². The summed E-state index contributed by atoms with van der Waals surface area (Å²) in [6, 6.07) is 7.57. The van der Waals surface area contributed by atoms with Gasteiger partial charge in [-0.25, -0.2) is 0 Å². The van der Waals surface area contributed by atoms with Gasteiger partial charge in [-0.15, -0.1) is 11.6 Å². The molecule has 0 aliphatic rings. The van der Waals surface area contributed by atoms with Crippen LogP contribution in [0.2, 0.25) is 5.02 Å². The standard InChI is InChI=1S/C8H9Cl2N/c9-4-5-11-8-3-1-2-7(10)6-8/h1-3,6,11H,4-5H2. The molecule has 1 rings (SSSR count). The molecule has 0 amide bonds. The number of anilines is 1. The summed E-state index contributed by atoms with van der Waals surface area (Å²) in [5.41, 5.74) is 1.01. The van der Waals surface area contributed by atoms with Crippen LogP contribution in [-0.2, 0) is 0 Å². The molecule has 0 radical (unpaired) electrons. The lowest BCUT2D eigenvalue weighted by molar-refractivity contribution is 1.22. The van der Waals surface area contributed by atoms with Crippen molar-refractivity contribution in [2.75, 3.05) is 17.7 Å². The quantitative estimate of drug-likeness (QED) is 0.722. The summed E-state index contributed by atoms with van der Waals surface area (Å²) in [4.78, 5) is 0. The lowest BCUT2D eigenvalue weighted by Gasteiger charge is -2.02. The Morgan fingerprint density at radius 1 is 1.36 bits per heavy atom. The predicted molar refractivity (Wildman–Crippen MR) is 50.7 cm³/mol. The molecule has 0 bridgehead atoms. The van der Waals surface area contributed by atoms with Crippen LogP contribution in [0.4, 0.5) is 5.69 Å². The number of hydrogen-bond acceptors (Lipinski definition) is 1. The van der Waals surface area contributed by atoms with Crippen LogP contribution in [0.5, 0.6) is 0 Å². The summed E-state index contributed by atoms with van der Waals surface area (Å²) < 4.78 is 0. The Morgan fingerprint density at radius 2 is 2.18 bits per heavy atom. The van der Waals surface area contributed by atoms with Crippen LogP contribution in [0.25, 0.3) is 0 Å². The molecule has 60 valence electrons. The molecule has 1 nitrogen and oxygen atoms in total. The second-order valence-corrected chi connectivity index (χ2v) is 2.94. The SMILES string of the molecule is ClCCNc1cccc(Cl)c1. The molecule has 0 saturated carbocycles. The number of alkyl halides is 1. The van der Waals surface area contributed by atoms with Crippen LogP contribution >= 0.6 is 23.2 Å². The fourth-order valence-corrected chi connectivity index (χ4v) is 1.07. The summed E-state index contributed by atoms with van der Waals surface area (Å²) in [6.45, 7) is 0.766. The van der Waals surface area contributed by atoms with E-state index in [0.29, 0.717) is 5.88 Å². The van der Waals surface area contributed by atoms with Gasteiger partial charge in [-0.05, 0) is 18.2 Å². The topological polar surface area (TPSA) is 12.0 Å². The first-order valence-electron chi connectivity index (χ1n) is 3.38. The third-order valence-electron chi connectivity index (χ3n) is 1.25. The van der Waals surface area contributed by atoms with Crippen molar-refractivity contribution in [1.82, 2.24) is 0 Å². The van der Waals surface area contributed by atoms with E-state index in [-0.39, 0.29) is 0 Å². The smallest absolute Gasteiger partial charge is 0.0426 e. The average Bonchev–Trinajstić information content (AvgIpc) is 2.01. The van der Waals surface area contributed by atoms with Gasteiger partial charge in [-0.1, -0.05) is 17.7 Å². The van der Waals surface area contributed by atoms with E-state index in [9.17, 15) is 0 Å². The zero-order chi connectivity index (χ0) is 8.10. The largest absolute Gasteiger partial charge is 0.384 e. The molecule has 0 aromatic heterocycles. The fraction of sp³-hybridized carbons (Fsp3) is 0.250. The Hall–Kier alpha value is -0.400. The minimum absolute atomic E-state index is 0.604. The van der Waals surface area contributed by atoms with Gasteiger partial charge in [-0.3, -0.25) is 0 Å². The molecule has 11 heavy (non-hydrogen) atoms. The highest BCUT2D eigenvalue weighted by atomic mass is 35.5. The van der Waals surface area contributed by atoms with Gasteiger partial charge in [0.2, 0.25) is 0 Å². The lowest BCUT2D eigenvalue weighted by Crippen LogP contribution is -2.01. The predicted octanol–water partition coefficient (Wildman–Crippen LogP) is 2.99. The van der Waals surface area contributed by atoms with Crippen molar-refractivity contribution in [1.29, 1.82) is 0 Å². The van der Waals surface area contributed by atoms with Gasteiger partial charge in [-0.2, -0.15) is 0 Å². The van der Waals surface area contributed by atoms with E-state index in [0.717, 1.165) is 17.3 Å². The molecule has 0 fully saturated rings. The summed E-state index contributed by atoms with van der Waals surface area (Å²) in [7, 11) is 0. The second kappa shape index (κ2) is 4.47. The third-order valence-corrected chi connectivity index (χ3v) is 1.67. The number of benzene rings is 1. The molecule has 1 aromatic rings. The highest BCUT2D eigenvalue weighted by Gasteiger charge is 1.90. The molecule has 3 heteroatoms. The van der Waals surface area contributed by atoms with E-state index < -0.39 is 0 Å². The van der Waals surface area contributed by atoms with Crippen LogP contribution in [0.1, 0.15) is 0 Å². The van der Waals surface area contributed by atoms with Crippen molar-refractivity contribution in [3.63, 3.8) is 0 Å². The van der Waals surface area contributed by atoms with Gasteiger partial charge in [0, 0.05) is 23.1 Å². The van der Waals surface area contributed by atoms with Crippen LogP contribution in [0.15, 0.2) is 24.3 Å². The molecule has 1 aromatic carbocycles. The molecule has 0 aliphatic carbocycles. The molecule has 0 unspecified atom stereocenters. The van der Waals surface area contributed by atoms with Crippen molar-refractivity contribution in [2.45, 2.75) is 0 Å². The maximum absolute atomic E-state index is 5.75. The Morgan fingerprint density at radius 3 is 2.82 bits per heavy atom. The third kappa shape index (κ3) is 3.00. The number of halogens is 2. The first-order chi connectivity index (χ1) is 5.33. The highest BCUT2D eigenvalue weighted by molar-refractivity contribution is 6.30. The fourth-order valence-electron chi connectivity index (χ4n) is 0.790. The molecular formula is C8H9Cl2N. The number of nitrogens with one attached hydrogen (secondary N) is 1. The highest BCUT2D eigenvalue weighted by Crippen LogP contribution is 2.14. The normalized spacial score (nSPS) is 9.64. The van der Waals surface area contributed by atoms with E-state index in [1.165, 1.54) is 0 Å². The van der Waals surface area contributed by atoms with Crippen molar-refractivity contribution in [3.8, 4) is 0 Å². The van der Waals surface area contributed by atoms with Gasteiger partial charge in [0.05, 0.1) is 0 Å². The summed E-state index contributed by atoms with van der Waals surface area (Å²) >= 11 is 11.2. The summed E-state index contributed by atoms with van der Waals surface area (Å²) in [5.74, 6) is 0.604. The Labute approximate surface area is 76.3 Å². The van der Waals surface area contributed by atoms with E-state index in [1.807, 2.05) is 24.3 Å². The second-order valence-electron chi connectivity index (χ2n) is 2.13. The molecule has 0 atom stereocenters. The number of hydrogen-bond donors (Lipinski definition) is 1. The van der Waals surface area contributed by atoms with Crippen LogP contribution in [0.3, 0.4) is 0 Å². The Balaban J connectivity index is 2.56. The maximum Gasteiger partial charge on any atom is 0.0426 e. The average molecular weight is 190 g/mol. The molecule has 0 heterocycles. The van der Waals surface area contributed by atoms with E-state index in [4.69, 9.17) is 23.2 Å². The van der Waals surface area contributed by atoms with Gasteiger partial charge < -0.3 is 5.32 Å². The lowest BCUT2D eigenvalue weighted by atomic mass is 10.3.